The van der Waals surface area contributed by atoms with E-state index >= 15 is 0 Å². The first-order chi connectivity index (χ1) is 9.82. The summed E-state index contributed by atoms with van der Waals surface area (Å²) >= 11 is 12.7. The van der Waals surface area contributed by atoms with Crippen LogP contribution in [0.25, 0.3) is 0 Å². The molecule has 2 aromatic carbocycles. The molecule has 7 heteroatoms. The van der Waals surface area contributed by atoms with E-state index in [4.69, 9.17) is 11.6 Å². The van der Waals surface area contributed by atoms with Gasteiger partial charge in [0.1, 0.15) is 0 Å². The Morgan fingerprint density at radius 1 is 1.14 bits per heavy atom. The lowest BCUT2D eigenvalue weighted by molar-refractivity contribution is 0.466. The van der Waals surface area contributed by atoms with Crippen molar-refractivity contribution in [2.75, 3.05) is 7.05 Å². The molecule has 0 aliphatic carbocycles. The van der Waals surface area contributed by atoms with Crippen molar-refractivity contribution in [2.24, 2.45) is 0 Å². The number of benzene rings is 2. The summed E-state index contributed by atoms with van der Waals surface area (Å²) in [5.41, 5.74) is 0.762. The maximum atomic E-state index is 12.6. The van der Waals surface area contributed by atoms with E-state index in [0.29, 0.717) is 9.50 Å². The molecule has 0 spiro atoms. The standard InChI is InChI=1S/C14H12Br2ClNO2S/c1-18(9-10-4-2-3-5-13(10)17)21(19,20)14-7-6-11(15)8-12(14)16/h2-8H,9H2,1H3. The van der Waals surface area contributed by atoms with Crippen LogP contribution in [0.4, 0.5) is 0 Å². The van der Waals surface area contributed by atoms with Gasteiger partial charge in [-0.25, -0.2) is 8.42 Å². The summed E-state index contributed by atoms with van der Waals surface area (Å²) in [6.45, 7) is 0.213. The van der Waals surface area contributed by atoms with E-state index in [0.717, 1.165) is 10.0 Å². The minimum Gasteiger partial charge on any atom is -0.207 e. The lowest BCUT2D eigenvalue weighted by Gasteiger charge is -2.19. The molecule has 3 nitrogen and oxygen atoms in total. The molecule has 2 aromatic rings. The second-order valence-electron chi connectivity index (χ2n) is 4.43. The first-order valence-corrected chi connectivity index (χ1v) is 9.37. The molecule has 0 amide bonds. The molecule has 112 valence electrons. The van der Waals surface area contributed by atoms with Crippen molar-refractivity contribution >= 4 is 53.5 Å². The van der Waals surface area contributed by atoms with Gasteiger partial charge in [-0.3, -0.25) is 0 Å². The average Bonchev–Trinajstić information content (AvgIpc) is 2.40. The van der Waals surface area contributed by atoms with E-state index in [9.17, 15) is 8.42 Å². The maximum Gasteiger partial charge on any atom is 0.244 e. The molecule has 0 radical (unpaired) electrons. The monoisotopic (exact) mass is 451 g/mol. The summed E-state index contributed by atoms with van der Waals surface area (Å²) < 4.78 is 27.8. The van der Waals surface area contributed by atoms with Gasteiger partial charge in [0.05, 0.1) is 4.90 Å². The van der Waals surface area contributed by atoms with E-state index in [1.54, 1.807) is 24.3 Å². The zero-order chi connectivity index (χ0) is 15.6. The van der Waals surface area contributed by atoms with Crippen molar-refractivity contribution in [3.05, 3.63) is 62.0 Å². The van der Waals surface area contributed by atoms with Gasteiger partial charge in [0.2, 0.25) is 10.0 Å². The summed E-state index contributed by atoms with van der Waals surface area (Å²) in [4.78, 5) is 0.222. The Morgan fingerprint density at radius 3 is 2.43 bits per heavy atom. The Kier molecular flexibility index (Phi) is 5.48. The largest absolute Gasteiger partial charge is 0.244 e. The van der Waals surface area contributed by atoms with E-state index in [-0.39, 0.29) is 11.4 Å². The molecule has 0 aliphatic heterocycles. The van der Waals surface area contributed by atoms with Crippen molar-refractivity contribution < 1.29 is 8.42 Å². The van der Waals surface area contributed by atoms with E-state index in [1.165, 1.54) is 11.4 Å². The van der Waals surface area contributed by atoms with Crippen LogP contribution in [-0.4, -0.2) is 19.8 Å². The highest BCUT2D eigenvalue weighted by molar-refractivity contribution is 9.11. The minimum absolute atomic E-state index is 0.213. The molecule has 0 heterocycles. The Morgan fingerprint density at radius 2 is 1.81 bits per heavy atom. The van der Waals surface area contributed by atoms with Crippen LogP contribution in [0.15, 0.2) is 56.3 Å². The van der Waals surface area contributed by atoms with E-state index in [1.807, 2.05) is 18.2 Å². The van der Waals surface area contributed by atoms with Gasteiger partial charge in [-0.05, 0) is 45.8 Å². The first kappa shape index (κ1) is 17.0. The fourth-order valence-corrected chi connectivity index (χ4v) is 4.85. The molecule has 2 rings (SSSR count). The fraction of sp³-hybridized carbons (Fsp3) is 0.143. The predicted molar refractivity (Wildman–Crippen MR) is 91.9 cm³/mol. The number of halogens is 3. The van der Waals surface area contributed by atoms with E-state index < -0.39 is 10.0 Å². The molecular formula is C14H12Br2ClNO2S. The zero-order valence-electron chi connectivity index (χ0n) is 11.1. The van der Waals surface area contributed by atoms with Crippen LogP contribution in [0.5, 0.6) is 0 Å². The lowest BCUT2D eigenvalue weighted by Crippen LogP contribution is -2.27. The van der Waals surface area contributed by atoms with Crippen molar-refractivity contribution in [1.29, 1.82) is 0 Å². The second-order valence-corrected chi connectivity index (χ2v) is 8.62. The van der Waals surface area contributed by atoms with Crippen LogP contribution in [0.2, 0.25) is 5.02 Å². The average molecular weight is 454 g/mol. The summed E-state index contributed by atoms with van der Waals surface area (Å²) in [5.74, 6) is 0. The number of hydrogen-bond acceptors (Lipinski definition) is 2. The van der Waals surface area contributed by atoms with Crippen LogP contribution in [0, 0.1) is 0 Å². The minimum atomic E-state index is -3.59. The highest BCUT2D eigenvalue weighted by atomic mass is 79.9. The SMILES string of the molecule is CN(Cc1ccccc1Cl)S(=O)(=O)c1ccc(Br)cc1Br. The second kappa shape index (κ2) is 6.79. The summed E-state index contributed by atoms with van der Waals surface area (Å²) in [7, 11) is -2.06. The molecule has 0 fully saturated rings. The molecular weight excluding hydrogens is 441 g/mol. The number of hydrogen-bond donors (Lipinski definition) is 0. The highest BCUT2D eigenvalue weighted by Crippen LogP contribution is 2.29. The molecule has 0 aliphatic rings. The summed E-state index contributed by atoms with van der Waals surface area (Å²) in [6.07, 6.45) is 0. The van der Waals surface area contributed by atoms with Crippen molar-refractivity contribution in [3.8, 4) is 0 Å². The molecule has 0 aromatic heterocycles. The smallest absolute Gasteiger partial charge is 0.207 e. The summed E-state index contributed by atoms with van der Waals surface area (Å²) in [6, 6.07) is 12.2. The van der Waals surface area contributed by atoms with Gasteiger partial charge < -0.3 is 0 Å². The zero-order valence-corrected chi connectivity index (χ0v) is 15.8. The Hall–Kier alpha value is -0.400. The molecule has 0 unspecified atom stereocenters. The third-order valence-electron chi connectivity index (χ3n) is 2.93. The number of sulfonamides is 1. The van der Waals surface area contributed by atoms with Crippen LogP contribution in [0.3, 0.4) is 0 Å². The Bertz CT molecular complexity index is 765. The van der Waals surface area contributed by atoms with Crippen LogP contribution in [-0.2, 0) is 16.6 Å². The molecule has 0 bridgehead atoms. The lowest BCUT2D eigenvalue weighted by atomic mass is 10.2. The quantitative estimate of drug-likeness (QED) is 0.674. The molecule has 21 heavy (non-hydrogen) atoms. The van der Waals surface area contributed by atoms with E-state index in [2.05, 4.69) is 31.9 Å². The van der Waals surface area contributed by atoms with Gasteiger partial charge in [-0.1, -0.05) is 45.7 Å². The molecule has 0 saturated carbocycles. The van der Waals surface area contributed by atoms with Gasteiger partial charge in [0, 0.05) is 27.6 Å². The Labute approximate surface area is 146 Å². The third kappa shape index (κ3) is 3.87. The first-order valence-electron chi connectivity index (χ1n) is 5.97. The van der Waals surface area contributed by atoms with Gasteiger partial charge in [0.25, 0.3) is 0 Å². The molecule has 0 N–H and O–H groups in total. The van der Waals surface area contributed by atoms with Crippen LogP contribution < -0.4 is 0 Å². The maximum absolute atomic E-state index is 12.6. The fourth-order valence-electron chi connectivity index (χ4n) is 1.80. The van der Waals surface area contributed by atoms with Crippen LogP contribution in [0.1, 0.15) is 5.56 Å². The normalized spacial score (nSPS) is 11.9. The summed E-state index contributed by atoms with van der Waals surface area (Å²) in [5, 5.41) is 0.550. The highest BCUT2D eigenvalue weighted by Gasteiger charge is 2.24. The topological polar surface area (TPSA) is 37.4 Å². The van der Waals surface area contributed by atoms with Crippen LogP contribution >= 0.6 is 43.5 Å². The predicted octanol–water partition coefficient (Wildman–Crippen LogP) is 4.69. The number of nitrogens with zero attached hydrogens (tertiary/aromatic N) is 1. The van der Waals surface area contributed by atoms with Crippen molar-refractivity contribution in [1.82, 2.24) is 4.31 Å². The third-order valence-corrected chi connectivity index (χ3v) is 6.58. The molecule has 0 atom stereocenters. The van der Waals surface area contributed by atoms with Gasteiger partial charge >= 0.3 is 0 Å². The van der Waals surface area contributed by atoms with Crippen molar-refractivity contribution in [2.45, 2.75) is 11.4 Å². The Balaban J connectivity index is 2.33. The van der Waals surface area contributed by atoms with Gasteiger partial charge in [0.15, 0.2) is 0 Å². The number of rotatable bonds is 4. The van der Waals surface area contributed by atoms with Gasteiger partial charge in [-0.2, -0.15) is 4.31 Å². The molecule has 0 saturated heterocycles. The van der Waals surface area contributed by atoms with Crippen molar-refractivity contribution in [3.63, 3.8) is 0 Å². The van der Waals surface area contributed by atoms with Gasteiger partial charge in [-0.15, -0.1) is 0 Å².